The standard InChI is InChI=1S/C21H42NO4P/c1-2-3-4-5-6-7-8-9-10-11-12-13-14-15-16-17-20(24)22(27)19(18-23)21(25)26/h19,23H,2-18,27H2,1H3,(H,25,26). The van der Waals surface area contributed by atoms with E-state index in [0.29, 0.717) is 6.42 Å². The number of nitrogens with zero attached hydrogens (tertiary/aromatic N) is 1. The van der Waals surface area contributed by atoms with E-state index in [9.17, 15) is 9.59 Å². The third-order valence-corrected chi connectivity index (χ3v) is 5.72. The fourth-order valence-electron chi connectivity index (χ4n) is 3.24. The number of amides is 1. The van der Waals surface area contributed by atoms with E-state index in [4.69, 9.17) is 10.2 Å². The zero-order valence-electron chi connectivity index (χ0n) is 17.3. The van der Waals surface area contributed by atoms with E-state index in [-0.39, 0.29) is 5.91 Å². The van der Waals surface area contributed by atoms with Gasteiger partial charge in [-0.15, -0.1) is 0 Å². The molecule has 27 heavy (non-hydrogen) atoms. The van der Waals surface area contributed by atoms with Gasteiger partial charge in [0.15, 0.2) is 6.04 Å². The molecule has 0 heterocycles. The fraction of sp³-hybridized carbons (Fsp3) is 0.905. The van der Waals surface area contributed by atoms with Crippen molar-refractivity contribution < 1.29 is 19.8 Å². The minimum absolute atomic E-state index is 0.240. The van der Waals surface area contributed by atoms with Crippen molar-refractivity contribution in [1.82, 2.24) is 4.67 Å². The van der Waals surface area contributed by atoms with Gasteiger partial charge in [-0.2, -0.15) is 0 Å². The molecule has 160 valence electrons. The third-order valence-electron chi connectivity index (χ3n) is 5.08. The van der Waals surface area contributed by atoms with E-state index in [1.807, 2.05) is 0 Å². The average molecular weight is 404 g/mol. The molecule has 0 aliphatic heterocycles. The van der Waals surface area contributed by atoms with Gasteiger partial charge in [0.2, 0.25) is 5.91 Å². The summed E-state index contributed by atoms with van der Waals surface area (Å²) in [5.74, 6) is -1.42. The molecule has 6 heteroatoms. The van der Waals surface area contributed by atoms with Crippen LogP contribution in [0.1, 0.15) is 110 Å². The van der Waals surface area contributed by atoms with Crippen LogP contribution in [0, 0.1) is 0 Å². The zero-order chi connectivity index (χ0) is 20.3. The monoisotopic (exact) mass is 403 g/mol. The Labute approximate surface area is 168 Å². The van der Waals surface area contributed by atoms with Gasteiger partial charge in [0, 0.05) is 6.42 Å². The Morgan fingerprint density at radius 3 is 1.48 bits per heavy atom. The number of rotatable bonds is 19. The van der Waals surface area contributed by atoms with Crippen LogP contribution in [-0.4, -0.2) is 39.4 Å². The molecule has 0 aromatic rings. The van der Waals surface area contributed by atoms with Crippen LogP contribution in [-0.2, 0) is 9.59 Å². The van der Waals surface area contributed by atoms with Gasteiger partial charge in [-0.1, -0.05) is 96.8 Å². The molecule has 1 amide bonds. The van der Waals surface area contributed by atoms with E-state index in [0.717, 1.165) is 23.9 Å². The Kier molecular flexibility index (Phi) is 18.2. The summed E-state index contributed by atoms with van der Waals surface area (Å²) in [4.78, 5) is 22.8. The smallest absolute Gasteiger partial charge is 0.329 e. The van der Waals surface area contributed by atoms with Crippen LogP contribution in [0.4, 0.5) is 0 Å². The molecule has 0 aromatic heterocycles. The molecule has 0 bridgehead atoms. The first-order chi connectivity index (χ1) is 13.0. The molecule has 2 unspecified atom stereocenters. The second-order valence-corrected chi connectivity index (χ2v) is 8.09. The van der Waals surface area contributed by atoms with Crippen molar-refractivity contribution in [1.29, 1.82) is 0 Å². The van der Waals surface area contributed by atoms with Gasteiger partial charge in [-0.3, -0.25) is 4.79 Å². The number of aliphatic carboxylic acids is 1. The van der Waals surface area contributed by atoms with Gasteiger partial charge < -0.3 is 14.9 Å². The molecule has 2 atom stereocenters. The first kappa shape index (κ1) is 26.3. The number of unbranched alkanes of at least 4 members (excludes halogenated alkanes) is 14. The van der Waals surface area contributed by atoms with Crippen molar-refractivity contribution in [2.24, 2.45) is 0 Å². The average Bonchev–Trinajstić information content (AvgIpc) is 2.64. The second kappa shape index (κ2) is 18.7. The molecule has 5 nitrogen and oxygen atoms in total. The Morgan fingerprint density at radius 1 is 0.778 bits per heavy atom. The van der Waals surface area contributed by atoms with E-state index < -0.39 is 18.6 Å². The van der Waals surface area contributed by atoms with Crippen molar-refractivity contribution in [3.8, 4) is 0 Å². The van der Waals surface area contributed by atoms with E-state index in [2.05, 4.69) is 16.3 Å². The number of hydrogen-bond donors (Lipinski definition) is 2. The summed E-state index contributed by atoms with van der Waals surface area (Å²) < 4.78 is 1.06. The van der Waals surface area contributed by atoms with Crippen molar-refractivity contribution in [2.45, 2.75) is 116 Å². The van der Waals surface area contributed by atoms with Crippen LogP contribution in [0.5, 0.6) is 0 Å². The van der Waals surface area contributed by atoms with Crippen molar-refractivity contribution in [2.75, 3.05) is 6.61 Å². The normalized spacial score (nSPS) is 12.1. The van der Waals surface area contributed by atoms with Gasteiger partial charge in [-0.25, -0.2) is 4.79 Å². The summed E-state index contributed by atoms with van der Waals surface area (Å²) in [6, 6.07) is -1.17. The fourth-order valence-corrected chi connectivity index (χ4v) is 3.59. The maximum atomic E-state index is 11.9. The first-order valence-electron chi connectivity index (χ1n) is 10.9. The second-order valence-electron chi connectivity index (χ2n) is 7.54. The summed E-state index contributed by atoms with van der Waals surface area (Å²) in [5, 5.41) is 18.0. The quantitative estimate of drug-likeness (QED) is 0.226. The Balaban J connectivity index is 3.40. The molecule has 0 radical (unpaired) electrons. The number of aliphatic hydroxyl groups is 1. The number of carbonyl (C=O) groups is 2. The largest absolute Gasteiger partial charge is 0.480 e. The maximum Gasteiger partial charge on any atom is 0.329 e. The third kappa shape index (κ3) is 15.0. The molecular weight excluding hydrogens is 361 g/mol. The summed E-state index contributed by atoms with van der Waals surface area (Å²) in [5.41, 5.74) is 0. The number of carbonyl (C=O) groups excluding carboxylic acids is 1. The highest BCUT2D eigenvalue weighted by Gasteiger charge is 2.25. The molecule has 0 saturated heterocycles. The van der Waals surface area contributed by atoms with E-state index in [1.165, 1.54) is 77.0 Å². The molecule has 0 spiro atoms. The van der Waals surface area contributed by atoms with Gasteiger partial charge in [0.1, 0.15) is 0 Å². The molecular formula is C21H42NO4P. The van der Waals surface area contributed by atoms with Crippen LogP contribution in [0.25, 0.3) is 0 Å². The molecule has 0 fully saturated rings. The van der Waals surface area contributed by atoms with Crippen LogP contribution in [0.15, 0.2) is 0 Å². The lowest BCUT2D eigenvalue weighted by Crippen LogP contribution is -2.41. The van der Waals surface area contributed by atoms with Gasteiger partial charge in [-0.05, 0) is 15.8 Å². The topological polar surface area (TPSA) is 77.8 Å². The summed E-state index contributed by atoms with van der Waals surface area (Å²) in [6.45, 7) is 1.69. The molecule has 0 aliphatic carbocycles. The lowest BCUT2D eigenvalue weighted by molar-refractivity contribution is -0.147. The molecule has 0 aromatic carbocycles. The number of carboxylic acid groups (broad SMARTS) is 1. The van der Waals surface area contributed by atoms with Crippen molar-refractivity contribution in [3.63, 3.8) is 0 Å². The predicted octanol–water partition coefficient (Wildman–Crippen LogP) is 5.31. The van der Waals surface area contributed by atoms with Gasteiger partial charge in [0.25, 0.3) is 0 Å². The SMILES string of the molecule is CCCCCCCCCCCCCCCCCC(=O)N(P)C(CO)C(=O)O. The van der Waals surface area contributed by atoms with Crippen LogP contribution < -0.4 is 0 Å². The zero-order valence-corrected chi connectivity index (χ0v) is 18.5. The lowest BCUT2D eigenvalue weighted by Gasteiger charge is -2.22. The number of carboxylic acids is 1. The molecule has 0 aliphatic rings. The summed E-state index contributed by atoms with van der Waals surface area (Å²) in [6.07, 6.45) is 19.4. The highest BCUT2D eigenvalue weighted by Crippen LogP contribution is 2.15. The lowest BCUT2D eigenvalue weighted by atomic mass is 10.0. The van der Waals surface area contributed by atoms with Crippen molar-refractivity contribution >= 4 is 21.3 Å². The molecule has 0 rings (SSSR count). The maximum absolute atomic E-state index is 11.9. The van der Waals surface area contributed by atoms with Crippen molar-refractivity contribution in [3.05, 3.63) is 0 Å². The summed E-state index contributed by atoms with van der Waals surface area (Å²) in [7, 11) is 2.12. The summed E-state index contributed by atoms with van der Waals surface area (Å²) >= 11 is 0. The number of hydrogen-bond acceptors (Lipinski definition) is 3. The molecule has 0 saturated carbocycles. The van der Waals surface area contributed by atoms with Gasteiger partial charge >= 0.3 is 5.97 Å². The molecule has 2 N–H and O–H groups in total. The van der Waals surface area contributed by atoms with E-state index in [1.54, 1.807) is 0 Å². The first-order valence-corrected chi connectivity index (χ1v) is 11.5. The Hall–Kier alpha value is -0.670. The Morgan fingerprint density at radius 2 is 1.15 bits per heavy atom. The minimum Gasteiger partial charge on any atom is -0.480 e. The predicted molar refractivity (Wildman–Crippen MR) is 115 cm³/mol. The van der Waals surface area contributed by atoms with Gasteiger partial charge in [0.05, 0.1) is 6.61 Å². The Bertz CT molecular complexity index is 379. The van der Waals surface area contributed by atoms with Crippen LogP contribution in [0.3, 0.4) is 0 Å². The highest BCUT2D eigenvalue weighted by molar-refractivity contribution is 7.14. The number of aliphatic hydroxyl groups excluding tert-OH is 1. The highest BCUT2D eigenvalue weighted by atomic mass is 31.0. The van der Waals surface area contributed by atoms with Crippen LogP contribution in [0.2, 0.25) is 0 Å². The van der Waals surface area contributed by atoms with E-state index >= 15 is 0 Å². The van der Waals surface area contributed by atoms with Crippen LogP contribution >= 0.6 is 9.39 Å². The minimum atomic E-state index is -1.18.